The third-order valence-corrected chi connectivity index (χ3v) is 4.13. The molecule has 1 fully saturated rings. The Kier molecular flexibility index (Phi) is 7.96. The van der Waals surface area contributed by atoms with Crippen molar-refractivity contribution >= 4 is 29.7 Å². The molecule has 1 heterocycles. The van der Waals surface area contributed by atoms with Gasteiger partial charge >= 0.3 is 18.0 Å². The number of carboxylic acid groups (broad SMARTS) is 1. The highest BCUT2D eigenvalue weighted by Crippen LogP contribution is 2.19. The number of thioether (sulfide) groups is 1. The van der Waals surface area contributed by atoms with Crippen molar-refractivity contribution in [3.63, 3.8) is 0 Å². The average Bonchev–Trinajstić information content (AvgIpc) is 2.43. The summed E-state index contributed by atoms with van der Waals surface area (Å²) in [7, 11) is 0. The van der Waals surface area contributed by atoms with E-state index in [0.29, 0.717) is 31.9 Å². The molecule has 21 heavy (non-hydrogen) atoms. The first-order valence-electron chi connectivity index (χ1n) is 7.04. The molecule has 0 aromatic heterocycles. The summed E-state index contributed by atoms with van der Waals surface area (Å²) < 4.78 is 4.80. The summed E-state index contributed by atoms with van der Waals surface area (Å²) in [4.78, 5) is 35.6. The van der Waals surface area contributed by atoms with Gasteiger partial charge in [-0.2, -0.15) is 11.8 Å². The van der Waals surface area contributed by atoms with E-state index in [1.807, 2.05) is 0 Å². The highest BCUT2D eigenvalue weighted by atomic mass is 32.2. The van der Waals surface area contributed by atoms with E-state index in [2.05, 4.69) is 5.32 Å². The molecule has 0 aromatic carbocycles. The van der Waals surface area contributed by atoms with Crippen molar-refractivity contribution in [2.45, 2.75) is 32.2 Å². The van der Waals surface area contributed by atoms with Crippen LogP contribution in [0.5, 0.6) is 0 Å². The van der Waals surface area contributed by atoms with Crippen LogP contribution < -0.4 is 5.32 Å². The second-order valence-corrected chi connectivity index (χ2v) is 5.81. The number of rotatable bonds is 7. The average molecular weight is 318 g/mol. The second kappa shape index (κ2) is 9.49. The van der Waals surface area contributed by atoms with Crippen LogP contribution in [0.25, 0.3) is 0 Å². The van der Waals surface area contributed by atoms with Gasteiger partial charge in [0.15, 0.2) is 0 Å². The van der Waals surface area contributed by atoms with Crippen molar-refractivity contribution in [2.75, 3.05) is 31.2 Å². The Labute approximate surface area is 128 Å². The predicted molar refractivity (Wildman–Crippen MR) is 79.3 cm³/mol. The maximum atomic E-state index is 12.1. The quantitative estimate of drug-likeness (QED) is 0.535. The maximum absolute atomic E-state index is 12.1. The number of nitrogens with one attached hydrogen (secondary N) is 1. The number of carboxylic acids is 1. The van der Waals surface area contributed by atoms with Crippen molar-refractivity contribution in [3.8, 4) is 0 Å². The van der Waals surface area contributed by atoms with Crippen LogP contribution in [0.15, 0.2) is 0 Å². The molecule has 0 aromatic rings. The van der Waals surface area contributed by atoms with Gasteiger partial charge in [0.05, 0.1) is 19.1 Å². The summed E-state index contributed by atoms with van der Waals surface area (Å²) in [5, 5.41) is 11.6. The van der Waals surface area contributed by atoms with Gasteiger partial charge in [0.1, 0.15) is 0 Å². The molecule has 1 aliphatic rings. The SMILES string of the molecule is CCOC(=O)CCCNC(=O)N1CCSCC1CC(=O)O. The van der Waals surface area contributed by atoms with Gasteiger partial charge in [-0.3, -0.25) is 9.59 Å². The van der Waals surface area contributed by atoms with Gasteiger partial charge in [-0.25, -0.2) is 4.79 Å². The zero-order chi connectivity index (χ0) is 15.7. The molecular weight excluding hydrogens is 296 g/mol. The van der Waals surface area contributed by atoms with Crippen molar-refractivity contribution < 1.29 is 24.2 Å². The number of nitrogens with zero attached hydrogens (tertiary/aromatic N) is 1. The fourth-order valence-corrected chi connectivity index (χ4v) is 3.12. The highest BCUT2D eigenvalue weighted by Gasteiger charge is 2.28. The molecule has 120 valence electrons. The fourth-order valence-electron chi connectivity index (χ4n) is 2.06. The Morgan fingerprint density at radius 3 is 2.86 bits per heavy atom. The van der Waals surface area contributed by atoms with Crippen LogP contribution in [-0.2, 0) is 14.3 Å². The third-order valence-electron chi connectivity index (χ3n) is 3.04. The molecule has 0 saturated carbocycles. The van der Waals surface area contributed by atoms with Crippen molar-refractivity contribution in [3.05, 3.63) is 0 Å². The van der Waals surface area contributed by atoms with E-state index in [1.165, 1.54) is 0 Å². The highest BCUT2D eigenvalue weighted by molar-refractivity contribution is 7.99. The number of ether oxygens (including phenoxy) is 1. The van der Waals surface area contributed by atoms with Crippen molar-refractivity contribution in [1.82, 2.24) is 10.2 Å². The van der Waals surface area contributed by atoms with Crippen LogP contribution in [0.4, 0.5) is 4.79 Å². The Hall–Kier alpha value is -1.44. The number of carbonyl (C=O) groups excluding carboxylic acids is 2. The van der Waals surface area contributed by atoms with Gasteiger partial charge in [0, 0.05) is 31.0 Å². The molecule has 7 nitrogen and oxygen atoms in total. The second-order valence-electron chi connectivity index (χ2n) is 4.66. The topological polar surface area (TPSA) is 95.9 Å². The number of esters is 1. The Balaban J connectivity index is 2.31. The molecule has 1 unspecified atom stereocenters. The summed E-state index contributed by atoms with van der Waals surface area (Å²) in [6, 6.07) is -0.531. The first-order valence-corrected chi connectivity index (χ1v) is 8.19. The number of hydrogen-bond acceptors (Lipinski definition) is 5. The van der Waals surface area contributed by atoms with Crippen LogP contribution in [0, 0.1) is 0 Å². The lowest BCUT2D eigenvalue weighted by molar-refractivity contribution is -0.143. The van der Waals surface area contributed by atoms with E-state index in [9.17, 15) is 14.4 Å². The lowest BCUT2D eigenvalue weighted by Gasteiger charge is -2.34. The molecule has 2 amide bonds. The van der Waals surface area contributed by atoms with Crippen LogP contribution in [0.3, 0.4) is 0 Å². The molecule has 2 N–H and O–H groups in total. The molecule has 8 heteroatoms. The van der Waals surface area contributed by atoms with Crippen molar-refractivity contribution in [1.29, 1.82) is 0 Å². The third kappa shape index (κ3) is 6.70. The first-order chi connectivity index (χ1) is 10.0. The number of aliphatic carboxylic acids is 1. The van der Waals surface area contributed by atoms with Gasteiger partial charge in [-0.05, 0) is 13.3 Å². The molecule has 1 atom stereocenters. The van der Waals surface area contributed by atoms with Crippen LogP contribution >= 0.6 is 11.8 Å². The van der Waals surface area contributed by atoms with E-state index in [4.69, 9.17) is 9.84 Å². The predicted octanol–water partition coefficient (Wildman–Crippen LogP) is 0.931. The minimum absolute atomic E-state index is 0.0384. The van der Waals surface area contributed by atoms with Crippen molar-refractivity contribution in [2.24, 2.45) is 0 Å². The number of amides is 2. The van der Waals surface area contributed by atoms with E-state index >= 15 is 0 Å². The molecule has 0 bridgehead atoms. The van der Waals surface area contributed by atoms with E-state index in [1.54, 1.807) is 23.6 Å². The minimum Gasteiger partial charge on any atom is -0.481 e. The normalized spacial score (nSPS) is 18.1. The van der Waals surface area contributed by atoms with Crippen LogP contribution in [0.1, 0.15) is 26.2 Å². The standard InChI is InChI=1S/C13H22N2O5S/c1-2-20-12(18)4-3-5-14-13(19)15-6-7-21-9-10(15)8-11(16)17/h10H,2-9H2,1H3,(H,14,19)(H,16,17). The number of carbonyl (C=O) groups is 3. The summed E-state index contributed by atoms with van der Waals surface area (Å²) >= 11 is 1.66. The molecule has 0 spiro atoms. The zero-order valence-electron chi connectivity index (χ0n) is 12.2. The molecular formula is C13H22N2O5S. The summed E-state index contributed by atoms with van der Waals surface area (Å²) in [5.41, 5.74) is 0. The van der Waals surface area contributed by atoms with E-state index in [-0.39, 0.29) is 30.9 Å². The Morgan fingerprint density at radius 2 is 2.19 bits per heavy atom. The van der Waals surface area contributed by atoms with Gasteiger partial charge in [-0.1, -0.05) is 0 Å². The van der Waals surface area contributed by atoms with E-state index in [0.717, 1.165) is 5.75 Å². The maximum Gasteiger partial charge on any atom is 0.317 e. The number of urea groups is 1. The minimum atomic E-state index is -0.900. The summed E-state index contributed by atoms with van der Waals surface area (Å²) in [6.45, 7) is 3.03. The molecule has 1 aliphatic heterocycles. The zero-order valence-corrected chi connectivity index (χ0v) is 13.0. The lowest BCUT2D eigenvalue weighted by atomic mass is 10.2. The monoisotopic (exact) mass is 318 g/mol. The Morgan fingerprint density at radius 1 is 1.43 bits per heavy atom. The Bertz CT molecular complexity index is 378. The molecule has 0 radical (unpaired) electrons. The van der Waals surface area contributed by atoms with Crippen LogP contribution in [0.2, 0.25) is 0 Å². The summed E-state index contributed by atoms with van der Waals surface area (Å²) in [6.07, 6.45) is 0.739. The van der Waals surface area contributed by atoms with Gasteiger partial charge < -0.3 is 20.1 Å². The molecule has 1 rings (SSSR count). The molecule has 0 aliphatic carbocycles. The number of hydrogen-bond donors (Lipinski definition) is 2. The lowest BCUT2D eigenvalue weighted by Crippen LogP contribution is -2.51. The van der Waals surface area contributed by atoms with Gasteiger partial charge in [0.2, 0.25) is 0 Å². The van der Waals surface area contributed by atoms with Gasteiger partial charge in [-0.15, -0.1) is 0 Å². The van der Waals surface area contributed by atoms with Gasteiger partial charge in [0.25, 0.3) is 0 Å². The van der Waals surface area contributed by atoms with Crippen LogP contribution in [-0.4, -0.2) is 65.2 Å². The fraction of sp³-hybridized carbons (Fsp3) is 0.769. The summed E-state index contributed by atoms with van der Waals surface area (Å²) in [5.74, 6) is 0.280. The molecule has 1 saturated heterocycles. The smallest absolute Gasteiger partial charge is 0.317 e. The first kappa shape index (κ1) is 17.6. The van der Waals surface area contributed by atoms with E-state index < -0.39 is 5.97 Å². The largest absolute Gasteiger partial charge is 0.481 e.